The predicted octanol–water partition coefficient (Wildman–Crippen LogP) is 13.3. The van der Waals surface area contributed by atoms with Gasteiger partial charge in [0, 0.05) is 55.0 Å². The molecule has 0 atom stereocenters. The molecule has 4 heterocycles. The van der Waals surface area contributed by atoms with Gasteiger partial charge in [-0.2, -0.15) is 0 Å². The Morgan fingerprint density at radius 2 is 1.02 bits per heavy atom. The summed E-state index contributed by atoms with van der Waals surface area (Å²) in [4.78, 5) is 20.6. The Morgan fingerprint density at radius 3 is 1.92 bits per heavy atom. The molecule has 0 saturated carbocycles. The van der Waals surface area contributed by atoms with Crippen molar-refractivity contribution >= 4 is 54.9 Å². The second-order valence-corrected chi connectivity index (χ2v) is 14.6. The molecule has 7 nitrogen and oxygen atoms in total. The molecule has 0 saturated heterocycles. The molecule has 276 valence electrons. The Hall–Kier alpha value is -8.16. The summed E-state index contributed by atoms with van der Waals surface area (Å²) in [6.45, 7) is 0. The van der Waals surface area contributed by atoms with Crippen LogP contribution in [0.15, 0.2) is 197 Å². The fraction of sp³-hybridized carbons (Fsp3) is 0. The van der Waals surface area contributed by atoms with Crippen LogP contribution in [-0.4, -0.2) is 24.5 Å². The SMILES string of the molecule is c1ccc(-c2nc(-c3cccc(-c4cccc5c4oc4ccccc45)c3)nc(-c3cccc4oc5ccc(-c6nc7ccccc7n6-c6ccccc6)cc5c34)n2)cc1. The summed E-state index contributed by atoms with van der Waals surface area (Å²) in [5.74, 6) is 2.54. The van der Waals surface area contributed by atoms with Gasteiger partial charge < -0.3 is 8.83 Å². The van der Waals surface area contributed by atoms with E-state index in [0.717, 1.165) is 99.8 Å². The third-order valence-electron chi connectivity index (χ3n) is 11.1. The molecule has 0 N–H and O–H groups in total. The normalized spacial score (nSPS) is 11.7. The molecule has 0 aliphatic heterocycles. The van der Waals surface area contributed by atoms with Gasteiger partial charge in [0.15, 0.2) is 17.5 Å². The molecule has 0 aliphatic rings. The standard InChI is InChI=1S/C52H31N5O2/c1-3-14-32(15-4-1)49-54-50(34-17-11-16-33(30-34)37-21-12-22-39-38-20-7-10-26-44(38)59-48(37)39)56-51(55-49)40-23-13-27-46-47(40)41-31-35(28-29-45(41)58-46)52-53-42-24-8-9-25-43(42)57(52)36-18-5-2-6-19-36/h1-31H. The van der Waals surface area contributed by atoms with Crippen LogP contribution in [0, 0.1) is 0 Å². The number of rotatable bonds is 6. The monoisotopic (exact) mass is 757 g/mol. The first-order chi connectivity index (χ1) is 29.2. The van der Waals surface area contributed by atoms with E-state index >= 15 is 0 Å². The number of benzene rings is 8. The van der Waals surface area contributed by atoms with E-state index in [0.29, 0.717) is 17.5 Å². The van der Waals surface area contributed by atoms with Gasteiger partial charge in [0.2, 0.25) is 0 Å². The Bertz CT molecular complexity index is 3570. The Balaban J connectivity index is 1.04. The highest BCUT2D eigenvalue weighted by atomic mass is 16.3. The fourth-order valence-corrected chi connectivity index (χ4v) is 8.35. The van der Waals surface area contributed by atoms with Gasteiger partial charge in [-0.15, -0.1) is 0 Å². The molecule has 0 fully saturated rings. The van der Waals surface area contributed by atoms with Crippen LogP contribution in [0.3, 0.4) is 0 Å². The van der Waals surface area contributed by atoms with Gasteiger partial charge in [0.05, 0.1) is 11.0 Å². The van der Waals surface area contributed by atoms with Crippen LogP contribution in [-0.2, 0) is 0 Å². The average molecular weight is 758 g/mol. The van der Waals surface area contributed by atoms with Crippen molar-refractivity contribution in [3.63, 3.8) is 0 Å². The lowest BCUT2D eigenvalue weighted by molar-refractivity contribution is 0.669. The lowest BCUT2D eigenvalue weighted by atomic mass is 10.00. The van der Waals surface area contributed by atoms with E-state index in [-0.39, 0.29) is 0 Å². The molecule has 0 aliphatic carbocycles. The van der Waals surface area contributed by atoms with Crippen LogP contribution in [0.25, 0.3) is 117 Å². The molecular weight excluding hydrogens is 727 g/mol. The second-order valence-electron chi connectivity index (χ2n) is 14.6. The first kappa shape index (κ1) is 33.0. The Kier molecular flexibility index (Phi) is 7.40. The fourth-order valence-electron chi connectivity index (χ4n) is 8.35. The maximum atomic E-state index is 6.52. The van der Waals surface area contributed by atoms with Crippen LogP contribution in [0.5, 0.6) is 0 Å². The van der Waals surface area contributed by atoms with E-state index in [1.807, 2.05) is 84.9 Å². The molecule has 12 rings (SSSR count). The molecule has 7 heteroatoms. The highest BCUT2D eigenvalue weighted by Crippen LogP contribution is 2.40. The molecule has 0 bridgehead atoms. The van der Waals surface area contributed by atoms with E-state index in [2.05, 4.69) is 108 Å². The summed E-state index contributed by atoms with van der Waals surface area (Å²) in [7, 11) is 0. The Labute approximate surface area is 337 Å². The first-order valence-electron chi connectivity index (χ1n) is 19.5. The summed E-state index contributed by atoms with van der Waals surface area (Å²) in [5.41, 5.74) is 11.8. The lowest BCUT2D eigenvalue weighted by Gasteiger charge is -2.11. The predicted molar refractivity (Wildman–Crippen MR) is 236 cm³/mol. The smallest absolute Gasteiger partial charge is 0.164 e. The summed E-state index contributed by atoms with van der Waals surface area (Å²) in [6, 6.07) is 63.8. The number of furan rings is 2. The maximum absolute atomic E-state index is 6.52. The number of fused-ring (bicyclic) bond motifs is 7. The third kappa shape index (κ3) is 5.44. The molecule has 0 amide bonds. The molecule has 4 aromatic heterocycles. The van der Waals surface area contributed by atoms with E-state index in [9.17, 15) is 0 Å². The number of hydrogen-bond acceptors (Lipinski definition) is 6. The van der Waals surface area contributed by atoms with Crippen molar-refractivity contribution in [3.05, 3.63) is 188 Å². The van der Waals surface area contributed by atoms with Crippen molar-refractivity contribution in [2.75, 3.05) is 0 Å². The molecule has 0 unspecified atom stereocenters. The molecule has 12 aromatic rings. The molecule has 8 aromatic carbocycles. The molecule has 0 radical (unpaired) electrons. The maximum Gasteiger partial charge on any atom is 0.164 e. The van der Waals surface area contributed by atoms with Crippen LogP contribution < -0.4 is 0 Å². The minimum absolute atomic E-state index is 0.550. The van der Waals surface area contributed by atoms with Crippen LogP contribution in [0.2, 0.25) is 0 Å². The summed E-state index contributed by atoms with van der Waals surface area (Å²) >= 11 is 0. The van der Waals surface area contributed by atoms with Gasteiger partial charge in [-0.05, 0) is 66.2 Å². The molecule has 59 heavy (non-hydrogen) atoms. The Morgan fingerprint density at radius 1 is 0.373 bits per heavy atom. The quantitative estimate of drug-likeness (QED) is 0.168. The summed E-state index contributed by atoms with van der Waals surface area (Å²) in [5, 5.41) is 4.05. The van der Waals surface area contributed by atoms with E-state index in [4.69, 9.17) is 28.8 Å². The van der Waals surface area contributed by atoms with Crippen molar-refractivity contribution in [2.45, 2.75) is 0 Å². The van der Waals surface area contributed by atoms with Crippen LogP contribution in [0.1, 0.15) is 0 Å². The third-order valence-corrected chi connectivity index (χ3v) is 11.1. The van der Waals surface area contributed by atoms with E-state index in [1.54, 1.807) is 0 Å². The largest absolute Gasteiger partial charge is 0.456 e. The minimum Gasteiger partial charge on any atom is -0.456 e. The van der Waals surface area contributed by atoms with E-state index in [1.165, 1.54) is 0 Å². The zero-order valence-electron chi connectivity index (χ0n) is 31.5. The van der Waals surface area contributed by atoms with Crippen molar-refractivity contribution in [2.24, 2.45) is 0 Å². The van der Waals surface area contributed by atoms with Gasteiger partial charge >= 0.3 is 0 Å². The van der Waals surface area contributed by atoms with Crippen molar-refractivity contribution in [1.82, 2.24) is 24.5 Å². The first-order valence-corrected chi connectivity index (χ1v) is 19.5. The molecular formula is C52H31N5O2. The number of aromatic nitrogens is 5. The lowest BCUT2D eigenvalue weighted by Crippen LogP contribution is -2.00. The number of hydrogen-bond donors (Lipinski definition) is 0. The summed E-state index contributed by atoms with van der Waals surface area (Å²) < 4.78 is 15.2. The van der Waals surface area contributed by atoms with Crippen molar-refractivity contribution in [3.8, 4) is 62.4 Å². The zero-order chi connectivity index (χ0) is 38.9. The van der Waals surface area contributed by atoms with Crippen LogP contribution >= 0.6 is 0 Å². The average Bonchev–Trinajstić information content (AvgIpc) is 4.01. The number of para-hydroxylation sites is 5. The summed E-state index contributed by atoms with van der Waals surface area (Å²) in [6.07, 6.45) is 0. The van der Waals surface area contributed by atoms with Gasteiger partial charge in [-0.25, -0.2) is 19.9 Å². The van der Waals surface area contributed by atoms with Gasteiger partial charge in [-0.3, -0.25) is 4.57 Å². The van der Waals surface area contributed by atoms with Crippen molar-refractivity contribution in [1.29, 1.82) is 0 Å². The minimum atomic E-state index is 0.550. The van der Waals surface area contributed by atoms with Gasteiger partial charge in [-0.1, -0.05) is 127 Å². The molecule has 0 spiro atoms. The zero-order valence-corrected chi connectivity index (χ0v) is 31.5. The highest BCUT2D eigenvalue weighted by Gasteiger charge is 2.21. The van der Waals surface area contributed by atoms with Gasteiger partial charge in [0.1, 0.15) is 28.2 Å². The highest BCUT2D eigenvalue weighted by molar-refractivity contribution is 6.13. The van der Waals surface area contributed by atoms with E-state index < -0.39 is 0 Å². The number of imidazole rings is 1. The van der Waals surface area contributed by atoms with Crippen molar-refractivity contribution < 1.29 is 8.83 Å². The number of nitrogens with zero attached hydrogens (tertiary/aromatic N) is 5. The second kappa shape index (κ2) is 13.2. The van der Waals surface area contributed by atoms with Crippen LogP contribution in [0.4, 0.5) is 0 Å². The van der Waals surface area contributed by atoms with Gasteiger partial charge in [0.25, 0.3) is 0 Å². The topological polar surface area (TPSA) is 82.8 Å².